The molecule has 2 rings (SSSR count). The van der Waals surface area contributed by atoms with E-state index >= 15 is 0 Å². The number of anilines is 2. The first-order chi connectivity index (χ1) is 9.55. The zero-order valence-electron chi connectivity index (χ0n) is 12.1. The van der Waals surface area contributed by atoms with Crippen LogP contribution in [0.15, 0.2) is 24.3 Å². The molecule has 0 bridgehead atoms. The number of nitrogens with zero attached hydrogens (tertiary/aromatic N) is 2. The molecule has 0 atom stereocenters. The fourth-order valence-corrected chi connectivity index (χ4v) is 2.08. The molecule has 0 unspecified atom stereocenters. The van der Waals surface area contributed by atoms with Crippen LogP contribution in [0.4, 0.5) is 11.4 Å². The smallest absolute Gasteiger partial charge is 0.273 e. The molecule has 20 heavy (non-hydrogen) atoms. The Hall–Kier alpha value is -2.30. The highest BCUT2D eigenvalue weighted by molar-refractivity contribution is 6.03. The topological polar surface area (TPSA) is 72.9 Å². The van der Waals surface area contributed by atoms with Gasteiger partial charge >= 0.3 is 0 Å². The van der Waals surface area contributed by atoms with Crippen LogP contribution in [0.1, 0.15) is 35.6 Å². The maximum absolute atomic E-state index is 12.4. The second kappa shape index (κ2) is 5.77. The van der Waals surface area contributed by atoms with Crippen LogP contribution in [0.25, 0.3) is 0 Å². The number of carbonyl (C=O) groups is 1. The van der Waals surface area contributed by atoms with E-state index < -0.39 is 0 Å². The third-order valence-electron chi connectivity index (χ3n) is 3.22. The highest BCUT2D eigenvalue weighted by Gasteiger charge is 2.14. The van der Waals surface area contributed by atoms with Gasteiger partial charge in [0.1, 0.15) is 5.69 Å². The van der Waals surface area contributed by atoms with E-state index in [4.69, 9.17) is 5.73 Å². The first kappa shape index (κ1) is 14.1. The molecule has 1 amide bonds. The Labute approximate surface area is 118 Å². The van der Waals surface area contributed by atoms with Gasteiger partial charge in [-0.1, -0.05) is 6.92 Å². The fraction of sp³-hybridized carbons (Fsp3) is 0.333. The van der Waals surface area contributed by atoms with Gasteiger partial charge in [0, 0.05) is 17.9 Å². The summed E-state index contributed by atoms with van der Waals surface area (Å²) < 4.78 is 1.72. The highest BCUT2D eigenvalue weighted by Crippen LogP contribution is 2.18. The third-order valence-corrected chi connectivity index (χ3v) is 3.22. The van der Waals surface area contributed by atoms with Gasteiger partial charge in [0.15, 0.2) is 0 Å². The van der Waals surface area contributed by atoms with Crippen molar-refractivity contribution in [2.24, 2.45) is 0 Å². The number of aryl methyl sites for hydroxylation is 3. The second-order valence-electron chi connectivity index (χ2n) is 4.72. The maximum atomic E-state index is 12.4. The van der Waals surface area contributed by atoms with Crippen LogP contribution in [-0.2, 0) is 13.0 Å². The van der Waals surface area contributed by atoms with Gasteiger partial charge in [-0.3, -0.25) is 9.48 Å². The van der Waals surface area contributed by atoms with Crippen LogP contribution in [0.5, 0.6) is 0 Å². The van der Waals surface area contributed by atoms with Crippen LogP contribution >= 0.6 is 0 Å². The quantitative estimate of drug-likeness (QED) is 0.840. The van der Waals surface area contributed by atoms with Crippen LogP contribution in [0.3, 0.4) is 0 Å². The molecule has 0 fully saturated rings. The number of nitrogens with two attached hydrogens (primary N) is 1. The zero-order chi connectivity index (χ0) is 14.7. The molecule has 1 aromatic carbocycles. The lowest BCUT2D eigenvalue weighted by molar-refractivity contribution is 0.101. The van der Waals surface area contributed by atoms with Crippen molar-refractivity contribution >= 4 is 17.3 Å². The number of carbonyl (C=O) groups excluding carboxylic acids is 1. The lowest BCUT2D eigenvalue weighted by Crippen LogP contribution is -2.17. The molecule has 0 aliphatic heterocycles. The summed E-state index contributed by atoms with van der Waals surface area (Å²) in [5, 5.41) is 7.29. The van der Waals surface area contributed by atoms with Crippen molar-refractivity contribution in [3.63, 3.8) is 0 Å². The van der Waals surface area contributed by atoms with Gasteiger partial charge in [-0.2, -0.15) is 5.10 Å². The molecule has 5 nitrogen and oxygen atoms in total. The molecular weight excluding hydrogens is 252 g/mol. The minimum atomic E-state index is -0.146. The number of benzene rings is 1. The number of amides is 1. The summed E-state index contributed by atoms with van der Waals surface area (Å²) in [6, 6.07) is 7.27. The summed E-state index contributed by atoms with van der Waals surface area (Å²) in [5.41, 5.74) is 9.61. The number of hydrogen-bond donors (Lipinski definition) is 2. The molecule has 0 aliphatic carbocycles. The first-order valence-corrected chi connectivity index (χ1v) is 6.79. The van der Waals surface area contributed by atoms with E-state index in [1.807, 2.05) is 39.0 Å². The summed E-state index contributed by atoms with van der Waals surface area (Å²) in [4.78, 5) is 12.4. The molecule has 2 aromatic rings. The van der Waals surface area contributed by atoms with Gasteiger partial charge in [0.25, 0.3) is 5.91 Å². The molecule has 0 radical (unpaired) electrons. The Morgan fingerprint density at radius 1 is 1.35 bits per heavy atom. The SMILES string of the molecule is CCc1cc(C(=O)Nc2ccc(N)cc2C)n(CC)n1. The van der Waals surface area contributed by atoms with Crippen molar-refractivity contribution in [2.75, 3.05) is 11.1 Å². The largest absolute Gasteiger partial charge is 0.399 e. The second-order valence-corrected chi connectivity index (χ2v) is 4.72. The van der Waals surface area contributed by atoms with Gasteiger partial charge in [0.2, 0.25) is 0 Å². The predicted molar refractivity (Wildman–Crippen MR) is 80.8 cm³/mol. The molecule has 0 saturated carbocycles. The van der Waals surface area contributed by atoms with Crippen molar-refractivity contribution in [3.8, 4) is 0 Å². The van der Waals surface area contributed by atoms with Crippen LogP contribution in [0.2, 0.25) is 0 Å². The average molecular weight is 272 g/mol. The Bertz CT molecular complexity index is 631. The Kier molecular flexibility index (Phi) is 4.08. The molecule has 106 valence electrons. The Morgan fingerprint density at radius 3 is 2.70 bits per heavy atom. The lowest BCUT2D eigenvalue weighted by Gasteiger charge is -2.09. The third kappa shape index (κ3) is 2.82. The number of nitrogens with one attached hydrogen (secondary N) is 1. The summed E-state index contributed by atoms with van der Waals surface area (Å²) >= 11 is 0. The lowest BCUT2D eigenvalue weighted by atomic mass is 10.1. The Morgan fingerprint density at radius 2 is 2.10 bits per heavy atom. The minimum Gasteiger partial charge on any atom is -0.399 e. The highest BCUT2D eigenvalue weighted by atomic mass is 16.2. The van der Waals surface area contributed by atoms with E-state index in [1.54, 1.807) is 10.7 Å². The van der Waals surface area contributed by atoms with Crippen LogP contribution in [0, 0.1) is 6.92 Å². The summed E-state index contributed by atoms with van der Waals surface area (Å²) in [6.07, 6.45) is 0.814. The molecule has 1 heterocycles. The molecule has 0 spiro atoms. The van der Waals surface area contributed by atoms with Gasteiger partial charge in [-0.25, -0.2) is 0 Å². The van der Waals surface area contributed by atoms with Gasteiger partial charge in [-0.05, 0) is 50.1 Å². The molecule has 3 N–H and O–H groups in total. The van der Waals surface area contributed by atoms with Crippen LogP contribution in [-0.4, -0.2) is 15.7 Å². The van der Waals surface area contributed by atoms with E-state index in [1.165, 1.54) is 0 Å². The Balaban J connectivity index is 2.25. The number of hydrogen-bond acceptors (Lipinski definition) is 3. The van der Waals surface area contributed by atoms with E-state index in [9.17, 15) is 4.79 Å². The molecule has 5 heteroatoms. The molecule has 0 saturated heterocycles. The van der Waals surface area contributed by atoms with E-state index in [-0.39, 0.29) is 5.91 Å². The molecule has 1 aromatic heterocycles. The monoisotopic (exact) mass is 272 g/mol. The molecule has 0 aliphatic rings. The standard InChI is InChI=1S/C15H20N4O/c1-4-12-9-14(19(5-2)18-12)15(20)17-13-7-6-11(16)8-10(13)3/h6-9H,4-5,16H2,1-3H3,(H,17,20). The summed E-state index contributed by atoms with van der Waals surface area (Å²) in [7, 11) is 0. The average Bonchev–Trinajstić information content (AvgIpc) is 2.85. The van der Waals surface area contributed by atoms with Gasteiger partial charge in [-0.15, -0.1) is 0 Å². The summed E-state index contributed by atoms with van der Waals surface area (Å²) in [5.74, 6) is -0.146. The molecular formula is C15H20N4O. The van der Waals surface area contributed by atoms with Crippen molar-refractivity contribution in [2.45, 2.75) is 33.7 Å². The first-order valence-electron chi connectivity index (χ1n) is 6.79. The van der Waals surface area contributed by atoms with Crippen molar-refractivity contribution in [1.29, 1.82) is 0 Å². The van der Waals surface area contributed by atoms with E-state index in [0.29, 0.717) is 17.9 Å². The number of aromatic nitrogens is 2. The predicted octanol–water partition coefficient (Wildman–Crippen LogP) is 2.61. The zero-order valence-corrected chi connectivity index (χ0v) is 12.1. The van der Waals surface area contributed by atoms with Gasteiger partial charge in [0.05, 0.1) is 5.69 Å². The van der Waals surface area contributed by atoms with Crippen LogP contribution < -0.4 is 11.1 Å². The summed E-state index contributed by atoms with van der Waals surface area (Å²) in [6.45, 7) is 6.58. The fourth-order valence-electron chi connectivity index (χ4n) is 2.08. The van der Waals surface area contributed by atoms with Crippen molar-refractivity contribution in [3.05, 3.63) is 41.2 Å². The van der Waals surface area contributed by atoms with E-state index in [0.717, 1.165) is 23.4 Å². The van der Waals surface area contributed by atoms with E-state index in [2.05, 4.69) is 10.4 Å². The maximum Gasteiger partial charge on any atom is 0.273 e. The van der Waals surface area contributed by atoms with Gasteiger partial charge < -0.3 is 11.1 Å². The number of nitrogen functional groups attached to an aromatic ring is 1. The normalized spacial score (nSPS) is 10.6. The van der Waals surface area contributed by atoms with Crippen molar-refractivity contribution < 1.29 is 4.79 Å². The minimum absolute atomic E-state index is 0.146. The van der Waals surface area contributed by atoms with Crippen molar-refractivity contribution in [1.82, 2.24) is 9.78 Å². The number of rotatable bonds is 4.